The van der Waals surface area contributed by atoms with Crippen molar-refractivity contribution < 1.29 is 4.79 Å². The third kappa shape index (κ3) is 3.47. The van der Waals surface area contributed by atoms with Crippen LogP contribution in [0.2, 0.25) is 5.02 Å². The van der Waals surface area contributed by atoms with E-state index in [1.165, 1.54) is 0 Å². The third-order valence-electron chi connectivity index (χ3n) is 1.61. The van der Waals surface area contributed by atoms with Crippen LogP contribution in [0, 0.1) is 6.92 Å². The molecular formula is C10H11ClNO. The van der Waals surface area contributed by atoms with Crippen molar-refractivity contribution >= 4 is 17.5 Å². The van der Waals surface area contributed by atoms with Gasteiger partial charge < -0.3 is 5.32 Å². The molecule has 0 saturated carbocycles. The summed E-state index contributed by atoms with van der Waals surface area (Å²) in [6.07, 6.45) is 0.264. The smallest absolute Gasteiger partial charge is 0.220 e. The summed E-state index contributed by atoms with van der Waals surface area (Å²) in [5.41, 5.74) is 0.995. The molecule has 0 fully saturated rings. The molecule has 1 aromatic carbocycles. The summed E-state index contributed by atoms with van der Waals surface area (Å²) in [5, 5.41) is 3.40. The molecule has 0 aliphatic carbocycles. The van der Waals surface area contributed by atoms with Crippen LogP contribution in [0.4, 0.5) is 0 Å². The van der Waals surface area contributed by atoms with Gasteiger partial charge in [0, 0.05) is 18.0 Å². The maximum atomic E-state index is 10.9. The van der Waals surface area contributed by atoms with Gasteiger partial charge in [-0.05, 0) is 24.6 Å². The van der Waals surface area contributed by atoms with Crippen molar-refractivity contribution in [3.63, 3.8) is 0 Å². The quantitative estimate of drug-likeness (QED) is 0.789. The van der Waals surface area contributed by atoms with Crippen LogP contribution in [0.15, 0.2) is 24.3 Å². The normalized spacial score (nSPS) is 9.69. The molecule has 0 aliphatic heterocycles. The van der Waals surface area contributed by atoms with Gasteiger partial charge in [0.05, 0.1) is 0 Å². The largest absolute Gasteiger partial charge is 0.352 e. The molecule has 1 N–H and O–H groups in total. The zero-order valence-electron chi connectivity index (χ0n) is 7.22. The van der Waals surface area contributed by atoms with Gasteiger partial charge in [-0.3, -0.25) is 4.79 Å². The highest BCUT2D eigenvalue weighted by Gasteiger charge is 1.97. The average Bonchev–Trinajstić information content (AvgIpc) is 2.14. The van der Waals surface area contributed by atoms with Crippen LogP contribution in [0.3, 0.4) is 0 Å². The third-order valence-corrected chi connectivity index (χ3v) is 1.84. The number of hydrogen-bond donors (Lipinski definition) is 1. The molecule has 69 valence electrons. The molecule has 1 amide bonds. The standard InChI is InChI=1S/C10H11ClNO/c1-2-10(13)12-7-8-4-3-5-9(11)6-8/h3-6H,1-2,7H2,(H,12,13). The first-order chi connectivity index (χ1) is 6.22. The Balaban J connectivity index is 2.50. The van der Waals surface area contributed by atoms with E-state index in [4.69, 9.17) is 11.6 Å². The zero-order valence-corrected chi connectivity index (χ0v) is 7.97. The summed E-state index contributed by atoms with van der Waals surface area (Å²) in [6.45, 7) is 3.99. The van der Waals surface area contributed by atoms with Gasteiger partial charge >= 0.3 is 0 Å². The molecule has 3 heteroatoms. The summed E-state index contributed by atoms with van der Waals surface area (Å²) in [4.78, 5) is 10.9. The second-order valence-corrected chi connectivity index (χ2v) is 3.09. The van der Waals surface area contributed by atoms with Crippen LogP contribution >= 0.6 is 11.6 Å². The highest BCUT2D eigenvalue weighted by molar-refractivity contribution is 6.30. The molecule has 1 radical (unpaired) electrons. The van der Waals surface area contributed by atoms with Gasteiger partial charge in [-0.25, -0.2) is 0 Å². The Morgan fingerprint density at radius 2 is 2.31 bits per heavy atom. The van der Waals surface area contributed by atoms with Crippen molar-refractivity contribution in [3.8, 4) is 0 Å². The summed E-state index contributed by atoms with van der Waals surface area (Å²) in [5.74, 6) is -0.0556. The number of carbonyl (C=O) groups excluding carboxylic acids is 1. The molecule has 1 aromatic rings. The average molecular weight is 197 g/mol. The van der Waals surface area contributed by atoms with E-state index in [-0.39, 0.29) is 12.3 Å². The Kier molecular flexibility index (Phi) is 3.77. The monoisotopic (exact) mass is 196 g/mol. The molecule has 0 aromatic heterocycles. The lowest BCUT2D eigenvalue weighted by molar-refractivity contribution is -0.120. The van der Waals surface area contributed by atoms with Crippen molar-refractivity contribution in [2.75, 3.05) is 0 Å². The first-order valence-electron chi connectivity index (χ1n) is 4.03. The second kappa shape index (κ2) is 4.87. The predicted octanol–water partition coefficient (Wildman–Crippen LogP) is 2.18. The molecule has 0 aliphatic rings. The lowest BCUT2D eigenvalue weighted by Gasteiger charge is -2.03. The number of benzene rings is 1. The van der Waals surface area contributed by atoms with E-state index >= 15 is 0 Å². The van der Waals surface area contributed by atoms with E-state index in [2.05, 4.69) is 12.2 Å². The minimum absolute atomic E-state index is 0.0556. The lowest BCUT2D eigenvalue weighted by Crippen LogP contribution is -2.21. The molecule has 0 unspecified atom stereocenters. The molecule has 0 heterocycles. The Morgan fingerprint density at radius 3 is 2.92 bits per heavy atom. The SMILES string of the molecule is [CH2]CC(=O)NCc1cccc(Cl)c1. The number of carbonyl (C=O) groups is 1. The Morgan fingerprint density at radius 1 is 1.54 bits per heavy atom. The van der Waals surface area contributed by atoms with Crippen molar-refractivity contribution in [3.05, 3.63) is 41.8 Å². The van der Waals surface area contributed by atoms with E-state index < -0.39 is 0 Å². The van der Waals surface area contributed by atoms with Gasteiger partial charge in [-0.15, -0.1) is 0 Å². The van der Waals surface area contributed by atoms with Gasteiger partial charge in [0.2, 0.25) is 5.91 Å². The van der Waals surface area contributed by atoms with Crippen LogP contribution in [-0.4, -0.2) is 5.91 Å². The molecule has 1 rings (SSSR count). The molecular weight excluding hydrogens is 186 g/mol. The number of amides is 1. The van der Waals surface area contributed by atoms with Crippen molar-refractivity contribution in [1.82, 2.24) is 5.32 Å². The van der Waals surface area contributed by atoms with Gasteiger partial charge in [0.1, 0.15) is 0 Å². The maximum Gasteiger partial charge on any atom is 0.220 e. The highest BCUT2D eigenvalue weighted by atomic mass is 35.5. The topological polar surface area (TPSA) is 29.1 Å². The Bertz CT molecular complexity index is 299. The molecule has 0 spiro atoms. The van der Waals surface area contributed by atoms with Gasteiger partial charge in [0.25, 0.3) is 0 Å². The Labute approximate surface area is 82.9 Å². The van der Waals surface area contributed by atoms with Crippen molar-refractivity contribution in [2.24, 2.45) is 0 Å². The maximum absolute atomic E-state index is 10.9. The summed E-state index contributed by atoms with van der Waals surface area (Å²) >= 11 is 5.77. The van der Waals surface area contributed by atoms with Crippen LogP contribution in [0.1, 0.15) is 12.0 Å². The van der Waals surface area contributed by atoms with E-state index in [0.717, 1.165) is 5.56 Å². The minimum Gasteiger partial charge on any atom is -0.352 e. The molecule has 2 nitrogen and oxygen atoms in total. The fourth-order valence-corrected chi connectivity index (χ4v) is 1.15. The predicted molar refractivity (Wildman–Crippen MR) is 53.3 cm³/mol. The van der Waals surface area contributed by atoms with E-state index in [1.807, 2.05) is 18.2 Å². The van der Waals surface area contributed by atoms with Crippen molar-refractivity contribution in [2.45, 2.75) is 13.0 Å². The zero-order chi connectivity index (χ0) is 9.68. The van der Waals surface area contributed by atoms with Gasteiger partial charge in [0.15, 0.2) is 0 Å². The molecule has 13 heavy (non-hydrogen) atoms. The fourth-order valence-electron chi connectivity index (χ4n) is 0.936. The van der Waals surface area contributed by atoms with Crippen LogP contribution < -0.4 is 5.32 Å². The van der Waals surface area contributed by atoms with E-state index in [1.54, 1.807) is 6.07 Å². The first-order valence-corrected chi connectivity index (χ1v) is 4.40. The summed E-state index contributed by atoms with van der Waals surface area (Å²) < 4.78 is 0. The van der Waals surface area contributed by atoms with Crippen LogP contribution in [-0.2, 0) is 11.3 Å². The van der Waals surface area contributed by atoms with Crippen LogP contribution in [0.25, 0.3) is 0 Å². The first kappa shape index (κ1) is 10.1. The molecule has 0 bridgehead atoms. The van der Waals surface area contributed by atoms with Gasteiger partial charge in [-0.2, -0.15) is 0 Å². The van der Waals surface area contributed by atoms with Crippen molar-refractivity contribution in [1.29, 1.82) is 0 Å². The number of halogens is 1. The number of nitrogens with one attached hydrogen (secondary N) is 1. The molecule has 0 saturated heterocycles. The van der Waals surface area contributed by atoms with E-state index in [0.29, 0.717) is 11.6 Å². The minimum atomic E-state index is -0.0556. The lowest BCUT2D eigenvalue weighted by atomic mass is 10.2. The number of rotatable bonds is 3. The fraction of sp³-hybridized carbons (Fsp3) is 0.200. The Hall–Kier alpha value is -1.02. The van der Waals surface area contributed by atoms with E-state index in [9.17, 15) is 4.79 Å². The highest BCUT2D eigenvalue weighted by Crippen LogP contribution is 2.10. The molecule has 0 atom stereocenters. The van der Waals surface area contributed by atoms with Gasteiger partial charge in [-0.1, -0.05) is 23.7 Å². The van der Waals surface area contributed by atoms with Crippen LogP contribution in [0.5, 0.6) is 0 Å². The number of hydrogen-bond acceptors (Lipinski definition) is 1. The summed E-state index contributed by atoms with van der Waals surface area (Å²) in [7, 11) is 0. The summed E-state index contributed by atoms with van der Waals surface area (Å²) in [6, 6.07) is 7.39. The second-order valence-electron chi connectivity index (χ2n) is 2.66.